The number of nitrogens with zero attached hydrogens (tertiary/aromatic N) is 1. The van der Waals surface area contributed by atoms with Gasteiger partial charge in [0.15, 0.2) is 0 Å². The van der Waals surface area contributed by atoms with Crippen molar-refractivity contribution in [3.05, 3.63) is 29.8 Å². The van der Waals surface area contributed by atoms with E-state index in [1.165, 1.54) is 29.2 Å². The molecule has 0 spiro atoms. The summed E-state index contributed by atoms with van der Waals surface area (Å²) in [4.78, 5) is 3.78. The van der Waals surface area contributed by atoms with E-state index in [2.05, 4.69) is 48.5 Å². The van der Waals surface area contributed by atoms with Gasteiger partial charge in [-0.3, -0.25) is 0 Å². The molecule has 0 saturated heterocycles. The highest BCUT2D eigenvalue weighted by Gasteiger charge is 1.99. The van der Waals surface area contributed by atoms with Crippen molar-refractivity contribution in [2.24, 2.45) is 0 Å². The van der Waals surface area contributed by atoms with Crippen molar-refractivity contribution >= 4 is 11.8 Å². The van der Waals surface area contributed by atoms with Crippen LogP contribution in [0.4, 0.5) is 0 Å². The average Bonchev–Trinajstić information content (AvgIpc) is 2.32. The Labute approximate surface area is 110 Å². The molecule has 0 saturated carbocycles. The Hall–Kier alpha value is -0.510. The molecule has 1 aromatic rings. The fourth-order valence-corrected chi connectivity index (χ4v) is 2.56. The van der Waals surface area contributed by atoms with Crippen molar-refractivity contribution in [1.29, 1.82) is 0 Å². The van der Waals surface area contributed by atoms with Gasteiger partial charge in [-0.25, -0.2) is 0 Å². The lowest BCUT2D eigenvalue weighted by Gasteiger charge is -2.15. The van der Waals surface area contributed by atoms with Crippen LogP contribution >= 0.6 is 11.8 Å². The molecular formula is C14H24N2S. The standard InChI is InChI=1S/C14H24N2S/c1-13-5-7-14(8-6-13)17-12-11-16(3)10-4-9-15-2/h5-8,15H,4,9-12H2,1-3H3. The lowest BCUT2D eigenvalue weighted by atomic mass is 10.2. The fraction of sp³-hybridized carbons (Fsp3) is 0.571. The third-order valence-corrected chi connectivity index (χ3v) is 3.72. The first-order chi connectivity index (χ1) is 8.22. The molecule has 0 amide bonds. The number of nitrogens with one attached hydrogen (secondary N) is 1. The minimum Gasteiger partial charge on any atom is -0.320 e. The molecule has 1 N–H and O–H groups in total. The Balaban J connectivity index is 2.12. The van der Waals surface area contributed by atoms with Gasteiger partial charge in [0.25, 0.3) is 0 Å². The number of aryl methyl sites for hydroxylation is 1. The highest BCUT2D eigenvalue weighted by atomic mass is 32.2. The fourth-order valence-electron chi connectivity index (χ4n) is 1.59. The number of rotatable bonds is 8. The highest BCUT2D eigenvalue weighted by Crippen LogP contribution is 2.17. The van der Waals surface area contributed by atoms with Crippen LogP contribution in [0.3, 0.4) is 0 Å². The van der Waals surface area contributed by atoms with Crippen LogP contribution in [0.1, 0.15) is 12.0 Å². The molecule has 2 nitrogen and oxygen atoms in total. The highest BCUT2D eigenvalue weighted by molar-refractivity contribution is 7.99. The normalized spacial score (nSPS) is 11.1. The van der Waals surface area contributed by atoms with Crippen molar-refractivity contribution in [2.75, 3.05) is 39.5 Å². The predicted molar refractivity (Wildman–Crippen MR) is 77.9 cm³/mol. The zero-order valence-electron chi connectivity index (χ0n) is 11.2. The molecule has 0 radical (unpaired) electrons. The Kier molecular flexibility index (Phi) is 7.33. The van der Waals surface area contributed by atoms with Crippen LogP contribution in [0.5, 0.6) is 0 Å². The van der Waals surface area contributed by atoms with Crippen LogP contribution in [0.25, 0.3) is 0 Å². The number of benzene rings is 1. The topological polar surface area (TPSA) is 15.3 Å². The molecular weight excluding hydrogens is 228 g/mol. The number of hydrogen-bond donors (Lipinski definition) is 1. The number of thioether (sulfide) groups is 1. The minimum absolute atomic E-state index is 1.11. The van der Waals surface area contributed by atoms with Gasteiger partial charge in [0.1, 0.15) is 0 Å². The lowest BCUT2D eigenvalue weighted by Crippen LogP contribution is -2.24. The van der Waals surface area contributed by atoms with Gasteiger partial charge in [-0.15, -0.1) is 11.8 Å². The summed E-state index contributed by atoms with van der Waals surface area (Å²) in [5.41, 5.74) is 1.33. The van der Waals surface area contributed by atoms with E-state index in [4.69, 9.17) is 0 Å². The van der Waals surface area contributed by atoms with Gasteiger partial charge in [0, 0.05) is 17.2 Å². The van der Waals surface area contributed by atoms with E-state index >= 15 is 0 Å². The molecule has 1 rings (SSSR count). The SMILES string of the molecule is CNCCCN(C)CCSc1ccc(C)cc1. The van der Waals surface area contributed by atoms with Gasteiger partial charge < -0.3 is 10.2 Å². The summed E-state index contributed by atoms with van der Waals surface area (Å²) in [6, 6.07) is 8.78. The third-order valence-electron chi connectivity index (χ3n) is 2.73. The van der Waals surface area contributed by atoms with Crippen molar-refractivity contribution in [2.45, 2.75) is 18.2 Å². The summed E-state index contributed by atoms with van der Waals surface area (Å²) >= 11 is 1.94. The molecule has 0 unspecified atom stereocenters. The molecule has 96 valence electrons. The van der Waals surface area contributed by atoms with Crippen LogP contribution in [0, 0.1) is 6.92 Å². The predicted octanol–water partition coefficient (Wildman–Crippen LogP) is 2.63. The Morgan fingerprint density at radius 2 is 1.88 bits per heavy atom. The quantitative estimate of drug-likeness (QED) is 0.565. The van der Waals surface area contributed by atoms with Crippen LogP contribution in [-0.2, 0) is 0 Å². The molecule has 0 heterocycles. The van der Waals surface area contributed by atoms with E-state index in [0.717, 1.165) is 13.1 Å². The van der Waals surface area contributed by atoms with Gasteiger partial charge >= 0.3 is 0 Å². The summed E-state index contributed by atoms with van der Waals surface area (Å²) in [6.45, 7) is 5.57. The molecule has 0 aliphatic rings. The Bertz CT molecular complexity index is 298. The van der Waals surface area contributed by atoms with Crippen molar-refractivity contribution in [3.63, 3.8) is 0 Å². The van der Waals surface area contributed by atoms with E-state index in [-0.39, 0.29) is 0 Å². The van der Waals surface area contributed by atoms with Gasteiger partial charge in [-0.05, 0) is 52.7 Å². The van der Waals surface area contributed by atoms with Crippen molar-refractivity contribution < 1.29 is 0 Å². The van der Waals surface area contributed by atoms with Crippen molar-refractivity contribution in [3.8, 4) is 0 Å². The summed E-state index contributed by atoms with van der Waals surface area (Å²) in [5.74, 6) is 1.17. The largest absolute Gasteiger partial charge is 0.320 e. The minimum atomic E-state index is 1.11. The molecule has 3 heteroatoms. The van der Waals surface area contributed by atoms with Gasteiger partial charge in [0.2, 0.25) is 0 Å². The molecule has 0 aromatic heterocycles. The van der Waals surface area contributed by atoms with E-state index in [0.29, 0.717) is 0 Å². The van der Waals surface area contributed by atoms with Gasteiger partial charge in [0.05, 0.1) is 0 Å². The third kappa shape index (κ3) is 6.71. The van der Waals surface area contributed by atoms with Gasteiger partial charge in [-0.2, -0.15) is 0 Å². The van der Waals surface area contributed by atoms with Gasteiger partial charge in [-0.1, -0.05) is 17.7 Å². The molecule has 0 aliphatic carbocycles. The zero-order valence-corrected chi connectivity index (χ0v) is 12.0. The molecule has 0 atom stereocenters. The number of hydrogen-bond acceptors (Lipinski definition) is 3. The average molecular weight is 252 g/mol. The first-order valence-electron chi connectivity index (χ1n) is 6.25. The van der Waals surface area contributed by atoms with E-state index in [9.17, 15) is 0 Å². The molecule has 1 aromatic carbocycles. The second kappa shape index (κ2) is 8.56. The maximum Gasteiger partial charge on any atom is 0.0108 e. The van der Waals surface area contributed by atoms with E-state index < -0.39 is 0 Å². The van der Waals surface area contributed by atoms with Crippen LogP contribution in [0.15, 0.2) is 29.2 Å². The van der Waals surface area contributed by atoms with E-state index in [1.54, 1.807) is 0 Å². The van der Waals surface area contributed by atoms with Crippen LogP contribution in [0.2, 0.25) is 0 Å². The molecule has 0 aliphatic heterocycles. The monoisotopic (exact) mass is 252 g/mol. The summed E-state index contributed by atoms with van der Waals surface area (Å²) in [7, 11) is 4.21. The summed E-state index contributed by atoms with van der Waals surface area (Å²) < 4.78 is 0. The molecule has 17 heavy (non-hydrogen) atoms. The smallest absolute Gasteiger partial charge is 0.0108 e. The van der Waals surface area contributed by atoms with Crippen LogP contribution < -0.4 is 5.32 Å². The second-order valence-corrected chi connectivity index (χ2v) is 5.59. The first-order valence-corrected chi connectivity index (χ1v) is 7.23. The Morgan fingerprint density at radius 3 is 2.53 bits per heavy atom. The summed E-state index contributed by atoms with van der Waals surface area (Å²) in [6.07, 6.45) is 1.22. The zero-order chi connectivity index (χ0) is 12.5. The lowest BCUT2D eigenvalue weighted by molar-refractivity contribution is 0.349. The Morgan fingerprint density at radius 1 is 1.18 bits per heavy atom. The van der Waals surface area contributed by atoms with Crippen LogP contribution in [-0.4, -0.2) is 44.4 Å². The molecule has 0 bridgehead atoms. The summed E-state index contributed by atoms with van der Waals surface area (Å²) in [5, 5.41) is 3.18. The maximum atomic E-state index is 3.18. The second-order valence-electron chi connectivity index (χ2n) is 4.42. The van der Waals surface area contributed by atoms with Crippen molar-refractivity contribution in [1.82, 2.24) is 10.2 Å². The first kappa shape index (κ1) is 14.6. The molecule has 0 fully saturated rings. The van der Waals surface area contributed by atoms with E-state index in [1.807, 2.05) is 18.8 Å². The maximum absolute atomic E-state index is 3.18.